The van der Waals surface area contributed by atoms with Crippen LogP contribution in [0.25, 0.3) is 10.3 Å². The quantitative estimate of drug-likeness (QED) is 0.597. The molecule has 1 aliphatic heterocycles. The molecule has 2 aromatic heterocycles. The predicted molar refractivity (Wildman–Crippen MR) is 134 cm³/mol. The van der Waals surface area contributed by atoms with Crippen LogP contribution < -0.4 is 21.5 Å². The lowest BCUT2D eigenvalue weighted by Crippen LogP contribution is -2.41. The highest BCUT2D eigenvalue weighted by molar-refractivity contribution is 7.22. The van der Waals surface area contributed by atoms with Gasteiger partial charge in [0.1, 0.15) is 11.2 Å². The first-order chi connectivity index (χ1) is 15.8. The first-order valence-corrected chi connectivity index (χ1v) is 12.4. The highest BCUT2D eigenvalue weighted by Gasteiger charge is 2.24. The molecule has 1 aliphatic rings. The van der Waals surface area contributed by atoms with Crippen molar-refractivity contribution in [2.75, 3.05) is 23.3 Å². The summed E-state index contributed by atoms with van der Waals surface area (Å²) in [6.45, 7) is 9.88. The Morgan fingerprint density at radius 1 is 1.15 bits per heavy atom. The number of nitrogens with one attached hydrogen (secondary N) is 1. The van der Waals surface area contributed by atoms with Crippen LogP contribution in [-0.2, 0) is 17.9 Å². The fraction of sp³-hybridized carbons (Fsp3) is 0.500. The monoisotopic (exact) mass is 469 g/mol. The van der Waals surface area contributed by atoms with Crippen molar-refractivity contribution in [3.05, 3.63) is 50.2 Å². The average molecular weight is 470 g/mol. The van der Waals surface area contributed by atoms with E-state index in [9.17, 15) is 14.4 Å². The van der Waals surface area contributed by atoms with Gasteiger partial charge in [0.05, 0.1) is 0 Å². The molecule has 0 atom stereocenters. The molecule has 1 N–H and O–H groups in total. The Morgan fingerprint density at radius 3 is 2.45 bits per heavy atom. The Bertz CT molecular complexity index is 1280. The van der Waals surface area contributed by atoms with Gasteiger partial charge < -0.3 is 10.2 Å². The van der Waals surface area contributed by atoms with Gasteiger partial charge in [0, 0.05) is 25.3 Å². The molecule has 3 aromatic rings. The van der Waals surface area contributed by atoms with E-state index in [1.54, 1.807) is 0 Å². The summed E-state index contributed by atoms with van der Waals surface area (Å²) in [5.41, 5.74) is 2.13. The molecular formula is C24H31N5O3S. The molecule has 176 valence electrons. The van der Waals surface area contributed by atoms with Gasteiger partial charge in [0.2, 0.25) is 5.91 Å². The lowest BCUT2D eigenvalue weighted by Gasteiger charge is -2.29. The summed E-state index contributed by atoms with van der Waals surface area (Å²) in [7, 11) is 0. The van der Waals surface area contributed by atoms with Crippen molar-refractivity contribution in [3.63, 3.8) is 0 Å². The summed E-state index contributed by atoms with van der Waals surface area (Å²) in [5, 5.41) is 3.68. The molecule has 3 heterocycles. The number of carbonyl (C=O) groups is 1. The van der Waals surface area contributed by atoms with Gasteiger partial charge in [-0.3, -0.25) is 18.7 Å². The summed E-state index contributed by atoms with van der Waals surface area (Å²) in [5.74, 6) is 0.350. The molecule has 1 fully saturated rings. The molecule has 1 aromatic carbocycles. The number of thiazole rings is 1. The van der Waals surface area contributed by atoms with Crippen molar-refractivity contribution in [2.45, 2.75) is 60.0 Å². The zero-order valence-electron chi connectivity index (χ0n) is 19.7. The number of hydrogen-bond donors (Lipinski definition) is 1. The first-order valence-electron chi connectivity index (χ1n) is 11.5. The largest absolute Gasteiger partial charge is 0.348 e. The van der Waals surface area contributed by atoms with Crippen LogP contribution >= 0.6 is 11.3 Å². The highest BCUT2D eigenvalue weighted by Crippen LogP contribution is 2.29. The summed E-state index contributed by atoms with van der Waals surface area (Å²) in [6.07, 6.45) is 2.78. The van der Waals surface area contributed by atoms with Crippen LogP contribution in [0.2, 0.25) is 0 Å². The number of aromatic nitrogens is 3. The molecule has 8 nitrogen and oxygen atoms in total. The maximum atomic E-state index is 13.2. The first kappa shape index (κ1) is 23.2. The number of nitrogens with zero attached hydrogens (tertiary/aromatic N) is 4. The standard InChI is InChI=1S/C24H31N5O3S/c1-5-11-28-22(31)20-21(26-23(33-20)27-12-9-15(2)10-13-27)29(24(28)32)14-18(30)25-19-16(3)7-6-8-17(19)4/h6-8,15H,5,9-14H2,1-4H3,(H,25,30). The fourth-order valence-corrected chi connectivity index (χ4v) is 5.37. The van der Waals surface area contributed by atoms with Gasteiger partial charge >= 0.3 is 5.69 Å². The number of para-hydroxylation sites is 1. The van der Waals surface area contributed by atoms with E-state index in [1.807, 2.05) is 39.0 Å². The van der Waals surface area contributed by atoms with Crippen molar-refractivity contribution >= 4 is 38.4 Å². The molecule has 33 heavy (non-hydrogen) atoms. The smallest absolute Gasteiger partial charge is 0.333 e. The van der Waals surface area contributed by atoms with Crippen LogP contribution in [-0.4, -0.2) is 33.1 Å². The molecular weight excluding hydrogens is 438 g/mol. The second-order valence-corrected chi connectivity index (χ2v) is 9.94. The molecule has 0 aliphatic carbocycles. The van der Waals surface area contributed by atoms with E-state index in [2.05, 4.69) is 17.1 Å². The Labute approximate surface area is 196 Å². The van der Waals surface area contributed by atoms with E-state index in [0.717, 1.165) is 47.9 Å². The average Bonchev–Trinajstić information content (AvgIpc) is 3.23. The number of benzene rings is 1. The summed E-state index contributed by atoms with van der Waals surface area (Å²) >= 11 is 1.32. The third-order valence-electron chi connectivity index (χ3n) is 6.30. The minimum atomic E-state index is -0.491. The molecule has 4 rings (SSSR count). The number of amides is 1. The van der Waals surface area contributed by atoms with E-state index < -0.39 is 5.69 Å². The van der Waals surface area contributed by atoms with Crippen molar-refractivity contribution < 1.29 is 4.79 Å². The van der Waals surface area contributed by atoms with Gasteiger partial charge in [-0.25, -0.2) is 9.78 Å². The van der Waals surface area contributed by atoms with Crippen LogP contribution in [0.1, 0.15) is 44.2 Å². The number of carbonyl (C=O) groups excluding carboxylic acids is 1. The van der Waals surface area contributed by atoms with Crippen LogP contribution in [0.3, 0.4) is 0 Å². The van der Waals surface area contributed by atoms with E-state index in [1.165, 1.54) is 20.5 Å². The van der Waals surface area contributed by atoms with Gasteiger partial charge in [-0.05, 0) is 50.2 Å². The Morgan fingerprint density at radius 2 is 1.82 bits per heavy atom. The summed E-state index contributed by atoms with van der Waals surface area (Å²) < 4.78 is 3.01. The van der Waals surface area contributed by atoms with Gasteiger partial charge in [0.25, 0.3) is 5.56 Å². The van der Waals surface area contributed by atoms with Crippen molar-refractivity contribution in [1.29, 1.82) is 0 Å². The summed E-state index contributed by atoms with van der Waals surface area (Å²) in [6, 6.07) is 5.80. The SMILES string of the molecule is CCCn1c(=O)c2sc(N3CCC(C)CC3)nc2n(CC(=O)Nc2c(C)cccc2C)c1=O. The van der Waals surface area contributed by atoms with Crippen molar-refractivity contribution in [2.24, 2.45) is 5.92 Å². The van der Waals surface area contributed by atoms with Crippen LogP contribution in [0.5, 0.6) is 0 Å². The number of rotatable bonds is 6. The minimum absolute atomic E-state index is 0.201. The zero-order valence-corrected chi connectivity index (χ0v) is 20.5. The normalized spacial score (nSPS) is 14.7. The zero-order chi connectivity index (χ0) is 23.7. The Kier molecular flexibility index (Phi) is 6.69. The fourth-order valence-electron chi connectivity index (χ4n) is 4.30. The van der Waals surface area contributed by atoms with Crippen molar-refractivity contribution in [1.82, 2.24) is 14.1 Å². The lowest BCUT2D eigenvalue weighted by atomic mass is 10.00. The van der Waals surface area contributed by atoms with E-state index in [0.29, 0.717) is 29.2 Å². The Hall–Kier alpha value is -2.94. The third kappa shape index (κ3) is 4.59. The molecule has 1 amide bonds. The Balaban J connectivity index is 1.74. The van der Waals surface area contributed by atoms with Crippen LogP contribution in [0.15, 0.2) is 27.8 Å². The number of anilines is 2. The lowest BCUT2D eigenvalue weighted by molar-refractivity contribution is -0.116. The minimum Gasteiger partial charge on any atom is -0.348 e. The van der Waals surface area contributed by atoms with Gasteiger partial charge in [-0.1, -0.05) is 43.4 Å². The second-order valence-electron chi connectivity index (χ2n) is 8.96. The van der Waals surface area contributed by atoms with Gasteiger partial charge in [-0.2, -0.15) is 0 Å². The van der Waals surface area contributed by atoms with Crippen molar-refractivity contribution in [3.8, 4) is 0 Å². The highest BCUT2D eigenvalue weighted by atomic mass is 32.1. The second kappa shape index (κ2) is 9.51. The number of hydrogen-bond acceptors (Lipinski definition) is 6. The molecule has 0 bridgehead atoms. The predicted octanol–water partition coefficient (Wildman–Crippen LogP) is 3.52. The molecule has 0 radical (unpaired) electrons. The molecule has 0 unspecified atom stereocenters. The molecule has 0 spiro atoms. The van der Waals surface area contributed by atoms with Gasteiger partial charge in [0.15, 0.2) is 10.8 Å². The molecule has 1 saturated heterocycles. The topological polar surface area (TPSA) is 89.2 Å². The third-order valence-corrected chi connectivity index (χ3v) is 7.40. The number of fused-ring (bicyclic) bond motifs is 1. The maximum Gasteiger partial charge on any atom is 0.333 e. The van der Waals surface area contributed by atoms with E-state index in [-0.39, 0.29) is 18.0 Å². The number of aryl methyl sites for hydroxylation is 2. The van der Waals surface area contributed by atoms with Crippen LogP contribution in [0.4, 0.5) is 10.8 Å². The summed E-state index contributed by atoms with van der Waals surface area (Å²) in [4.78, 5) is 46.2. The van der Waals surface area contributed by atoms with Crippen LogP contribution in [0, 0.1) is 19.8 Å². The molecule has 9 heteroatoms. The molecule has 0 saturated carbocycles. The maximum absolute atomic E-state index is 13.2. The van der Waals surface area contributed by atoms with E-state index >= 15 is 0 Å². The number of piperidine rings is 1. The van der Waals surface area contributed by atoms with E-state index in [4.69, 9.17) is 4.98 Å². The van der Waals surface area contributed by atoms with Gasteiger partial charge in [-0.15, -0.1) is 0 Å².